The summed E-state index contributed by atoms with van der Waals surface area (Å²) in [5, 5.41) is 2.71. The Morgan fingerprint density at radius 3 is 3.00 bits per heavy atom. The number of nitrogens with two attached hydrogens (primary N) is 1. The van der Waals surface area contributed by atoms with Gasteiger partial charge >= 0.3 is 0 Å². The van der Waals surface area contributed by atoms with Crippen LogP contribution in [-0.4, -0.2) is 20.9 Å². The van der Waals surface area contributed by atoms with E-state index in [4.69, 9.17) is 5.73 Å². The fourth-order valence-corrected chi connectivity index (χ4v) is 1.25. The van der Waals surface area contributed by atoms with E-state index in [0.717, 1.165) is 5.69 Å². The number of nitrogen functional groups attached to an aromatic ring is 1. The molecule has 0 aliphatic rings. The largest absolute Gasteiger partial charge is 0.398 e. The Morgan fingerprint density at radius 2 is 2.31 bits per heavy atom. The maximum absolute atomic E-state index is 11.7. The number of hydrogen-bond acceptors (Lipinski definition) is 4. The predicted octanol–water partition coefficient (Wildman–Crippen LogP) is 0.317. The van der Waals surface area contributed by atoms with Gasteiger partial charge in [-0.2, -0.15) is 0 Å². The van der Waals surface area contributed by atoms with Crippen molar-refractivity contribution in [1.29, 1.82) is 0 Å². The smallest absolute Gasteiger partial charge is 0.255 e. The standard InChI is InChI=1S/C10H11N5O/c11-9-1-2-12-5-8(9)10(16)14-4-7-3-13-6-15-7/h1-3,5-6H,4H2,(H2,11,12)(H,13,15)(H,14,16). The Morgan fingerprint density at radius 1 is 1.44 bits per heavy atom. The molecular weight excluding hydrogens is 206 g/mol. The van der Waals surface area contributed by atoms with Gasteiger partial charge in [-0.15, -0.1) is 0 Å². The summed E-state index contributed by atoms with van der Waals surface area (Å²) in [5.74, 6) is -0.250. The van der Waals surface area contributed by atoms with Crippen LogP contribution in [0.25, 0.3) is 0 Å². The monoisotopic (exact) mass is 217 g/mol. The van der Waals surface area contributed by atoms with Gasteiger partial charge in [-0.25, -0.2) is 4.98 Å². The Hall–Kier alpha value is -2.37. The third-order valence-corrected chi connectivity index (χ3v) is 2.09. The van der Waals surface area contributed by atoms with E-state index in [1.54, 1.807) is 24.8 Å². The molecule has 0 spiro atoms. The number of pyridine rings is 1. The number of carbonyl (C=O) groups is 1. The minimum Gasteiger partial charge on any atom is -0.398 e. The number of aromatic nitrogens is 3. The molecular formula is C10H11N5O. The van der Waals surface area contributed by atoms with Crippen LogP contribution in [-0.2, 0) is 6.54 Å². The van der Waals surface area contributed by atoms with Gasteiger partial charge in [0.15, 0.2) is 0 Å². The SMILES string of the molecule is Nc1ccncc1C(=O)NCc1cnc[nH]1. The lowest BCUT2D eigenvalue weighted by molar-refractivity contribution is 0.0951. The molecule has 0 aromatic carbocycles. The van der Waals surface area contributed by atoms with Gasteiger partial charge < -0.3 is 16.0 Å². The Bertz CT molecular complexity index is 480. The molecule has 0 radical (unpaired) electrons. The van der Waals surface area contributed by atoms with E-state index in [1.807, 2.05) is 0 Å². The highest BCUT2D eigenvalue weighted by Gasteiger charge is 2.08. The second-order valence-electron chi connectivity index (χ2n) is 3.22. The molecule has 0 aliphatic carbocycles. The van der Waals surface area contributed by atoms with E-state index >= 15 is 0 Å². The Labute approximate surface area is 91.9 Å². The zero-order valence-corrected chi connectivity index (χ0v) is 8.47. The maximum Gasteiger partial charge on any atom is 0.255 e. The number of nitrogens with one attached hydrogen (secondary N) is 2. The number of H-pyrrole nitrogens is 1. The summed E-state index contributed by atoms with van der Waals surface area (Å²) >= 11 is 0. The van der Waals surface area contributed by atoms with Crippen molar-refractivity contribution in [3.05, 3.63) is 42.2 Å². The van der Waals surface area contributed by atoms with Crippen molar-refractivity contribution in [2.75, 3.05) is 5.73 Å². The van der Waals surface area contributed by atoms with Crippen LogP contribution in [0.3, 0.4) is 0 Å². The summed E-state index contributed by atoms with van der Waals surface area (Å²) in [6.07, 6.45) is 6.19. The molecule has 0 saturated heterocycles. The van der Waals surface area contributed by atoms with Crippen LogP contribution in [0.15, 0.2) is 31.0 Å². The molecule has 0 atom stereocenters. The molecule has 0 unspecified atom stereocenters. The number of rotatable bonds is 3. The number of hydrogen-bond donors (Lipinski definition) is 3. The van der Waals surface area contributed by atoms with Crippen LogP contribution < -0.4 is 11.1 Å². The summed E-state index contributed by atoms with van der Waals surface area (Å²) in [7, 11) is 0. The molecule has 0 fully saturated rings. The van der Waals surface area contributed by atoms with Crippen molar-refractivity contribution in [3.8, 4) is 0 Å². The van der Waals surface area contributed by atoms with Crippen LogP contribution in [0, 0.1) is 0 Å². The van der Waals surface area contributed by atoms with Gasteiger partial charge in [0.2, 0.25) is 0 Å². The fraction of sp³-hybridized carbons (Fsp3) is 0.100. The molecule has 0 saturated carbocycles. The van der Waals surface area contributed by atoms with Crippen molar-refractivity contribution in [1.82, 2.24) is 20.3 Å². The summed E-state index contributed by atoms with van der Waals surface area (Å²) < 4.78 is 0. The van der Waals surface area contributed by atoms with E-state index in [-0.39, 0.29) is 5.91 Å². The lowest BCUT2D eigenvalue weighted by Crippen LogP contribution is -2.24. The van der Waals surface area contributed by atoms with Crippen molar-refractivity contribution in [2.24, 2.45) is 0 Å². The summed E-state index contributed by atoms with van der Waals surface area (Å²) in [6.45, 7) is 0.382. The maximum atomic E-state index is 11.7. The predicted molar refractivity (Wildman–Crippen MR) is 58.4 cm³/mol. The highest BCUT2D eigenvalue weighted by Crippen LogP contribution is 2.08. The van der Waals surface area contributed by atoms with Gasteiger partial charge in [0, 0.05) is 24.3 Å². The van der Waals surface area contributed by atoms with Crippen molar-refractivity contribution in [3.63, 3.8) is 0 Å². The fourth-order valence-electron chi connectivity index (χ4n) is 1.25. The molecule has 82 valence electrons. The number of amides is 1. The molecule has 2 rings (SSSR count). The van der Waals surface area contributed by atoms with Crippen molar-refractivity contribution in [2.45, 2.75) is 6.54 Å². The molecule has 6 heteroatoms. The molecule has 0 aliphatic heterocycles. The van der Waals surface area contributed by atoms with Crippen LogP contribution >= 0.6 is 0 Å². The number of nitrogens with zero attached hydrogens (tertiary/aromatic N) is 2. The van der Waals surface area contributed by atoms with E-state index in [1.165, 1.54) is 6.20 Å². The summed E-state index contributed by atoms with van der Waals surface area (Å²) in [6, 6.07) is 1.59. The zero-order valence-electron chi connectivity index (χ0n) is 8.47. The quantitative estimate of drug-likeness (QED) is 0.689. The Balaban J connectivity index is 2.01. The van der Waals surface area contributed by atoms with Crippen LogP contribution in [0.1, 0.15) is 16.1 Å². The number of anilines is 1. The van der Waals surface area contributed by atoms with E-state index in [2.05, 4.69) is 20.3 Å². The average molecular weight is 217 g/mol. The van der Waals surface area contributed by atoms with Crippen molar-refractivity contribution < 1.29 is 4.79 Å². The first kappa shape index (κ1) is 10.2. The van der Waals surface area contributed by atoms with E-state index < -0.39 is 0 Å². The molecule has 2 aromatic rings. The third-order valence-electron chi connectivity index (χ3n) is 2.09. The molecule has 2 aromatic heterocycles. The summed E-state index contributed by atoms with van der Waals surface area (Å²) in [4.78, 5) is 22.3. The second kappa shape index (κ2) is 4.43. The number of carbonyl (C=O) groups excluding carboxylic acids is 1. The van der Waals surface area contributed by atoms with Gasteiger partial charge in [-0.3, -0.25) is 9.78 Å². The highest BCUT2D eigenvalue weighted by molar-refractivity contribution is 5.98. The molecule has 16 heavy (non-hydrogen) atoms. The highest BCUT2D eigenvalue weighted by atomic mass is 16.1. The number of aromatic amines is 1. The first-order valence-corrected chi connectivity index (χ1v) is 4.72. The van der Waals surface area contributed by atoms with Gasteiger partial charge in [0.1, 0.15) is 0 Å². The average Bonchev–Trinajstić information content (AvgIpc) is 2.79. The number of imidazole rings is 1. The lowest BCUT2D eigenvalue weighted by Gasteiger charge is -2.05. The van der Waals surface area contributed by atoms with Crippen LogP contribution in [0.5, 0.6) is 0 Å². The molecule has 6 nitrogen and oxygen atoms in total. The minimum absolute atomic E-state index is 0.250. The first-order chi connectivity index (χ1) is 7.77. The molecule has 0 bridgehead atoms. The Kier molecular flexibility index (Phi) is 2.81. The van der Waals surface area contributed by atoms with Gasteiger partial charge in [-0.05, 0) is 6.07 Å². The normalized spacial score (nSPS) is 10.0. The third kappa shape index (κ3) is 2.17. The van der Waals surface area contributed by atoms with E-state index in [0.29, 0.717) is 17.8 Å². The minimum atomic E-state index is -0.250. The summed E-state index contributed by atoms with van der Waals surface area (Å²) in [5.41, 5.74) is 7.27. The first-order valence-electron chi connectivity index (χ1n) is 4.72. The van der Waals surface area contributed by atoms with E-state index in [9.17, 15) is 4.79 Å². The second-order valence-corrected chi connectivity index (χ2v) is 3.22. The lowest BCUT2D eigenvalue weighted by atomic mass is 10.2. The van der Waals surface area contributed by atoms with Gasteiger partial charge in [0.05, 0.1) is 24.1 Å². The molecule has 2 heterocycles. The molecule has 4 N–H and O–H groups in total. The van der Waals surface area contributed by atoms with Gasteiger partial charge in [0.25, 0.3) is 5.91 Å². The topological polar surface area (TPSA) is 96.7 Å². The van der Waals surface area contributed by atoms with Gasteiger partial charge in [-0.1, -0.05) is 0 Å². The zero-order chi connectivity index (χ0) is 11.4. The molecule has 1 amide bonds. The van der Waals surface area contributed by atoms with Crippen molar-refractivity contribution >= 4 is 11.6 Å². The van der Waals surface area contributed by atoms with Crippen LogP contribution in [0.4, 0.5) is 5.69 Å². The van der Waals surface area contributed by atoms with Crippen LogP contribution in [0.2, 0.25) is 0 Å².